The van der Waals surface area contributed by atoms with Crippen LogP contribution in [0.25, 0.3) is 10.9 Å². The molecule has 1 aromatic heterocycles. The number of halogens is 1. The van der Waals surface area contributed by atoms with Crippen LogP contribution in [-0.4, -0.2) is 28.1 Å². The summed E-state index contributed by atoms with van der Waals surface area (Å²) >= 11 is 3.44. The second-order valence-corrected chi connectivity index (χ2v) is 5.73. The summed E-state index contributed by atoms with van der Waals surface area (Å²) in [5.74, 6) is -0.225. The Morgan fingerprint density at radius 3 is 2.83 bits per heavy atom. The summed E-state index contributed by atoms with van der Waals surface area (Å²) in [6, 6.07) is 7.54. The highest BCUT2D eigenvalue weighted by Crippen LogP contribution is 2.24. The van der Waals surface area contributed by atoms with Gasteiger partial charge in [-0.3, -0.25) is 4.79 Å². The molecule has 0 aliphatic heterocycles. The number of nitrogens with one attached hydrogen (secondary N) is 2. The molecular weight excluding hydrogens is 296 g/mol. The van der Waals surface area contributed by atoms with Crippen LogP contribution >= 0.6 is 15.9 Å². The second kappa shape index (κ2) is 4.74. The Morgan fingerprint density at radius 2 is 2.22 bits per heavy atom. The molecule has 0 unspecified atom stereocenters. The number of hydrogen-bond acceptors (Lipinski definition) is 2. The van der Waals surface area contributed by atoms with E-state index in [0.29, 0.717) is 5.69 Å². The van der Waals surface area contributed by atoms with E-state index in [1.165, 1.54) is 0 Å². The second-order valence-electron chi connectivity index (χ2n) is 4.88. The lowest BCUT2D eigenvalue weighted by atomic mass is 10.1. The standard InChI is InChI=1S/C13H15BrN2O2/c1-13(2,7-17)16-12(18)11-6-8-9(14)4-3-5-10(8)15-11/h3-6,15,17H,7H2,1-2H3,(H,16,18). The van der Waals surface area contributed by atoms with Gasteiger partial charge in [0.05, 0.1) is 12.1 Å². The molecular formula is C13H15BrN2O2. The SMILES string of the molecule is CC(C)(CO)NC(=O)c1cc2c(Br)cccc2[nH]1. The van der Waals surface area contributed by atoms with E-state index in [9.17, 15) is 4.79 Å². The number of amides is 1. The van der Waals surface area contributed by atoms with Gasteiger partial charge in [0.25, 0.3) is 5.91 Å². The van der Waals surface area contributed by atoms with Crippen LogP contribution in [0.4, 0.5) is 0 Å². The Balaban J connectivity index is 2.32. The third kappa shape index (κ3) is 2.57. The molecule has 0 aliphatic rings. The van der Waals surface area contributed by atoms with Gasteiger partial charge < -0.3 is 15.4 Å². The van der Waals surface area contributed by atoms with E-state index in [2.05, 4.69) is 26.2 Å². The monoisotopic (exact) mass is 310 g/mol. The first-order valence-electron chi connectivity index (χ1n) is 5.63. The minimum atomic E-state index is -0.633. The summed E-state index contributed by atoms with van der Waals surface area (Å²) < 4.78 is 0.941. The predicted molar refractivity (Wildman–Crippen MR) is 74.6 cm³/mol. The number of hydrogen-bond donors (Lipinski definition) is 3. The van der Waals surface area contributed by atoms with Crippen molar-refractivity contribution >= 4 is 32.7 Å². The number of aromatic amines is 1. The zero-order chi connectivity index (χ0) is 13.3. The van der Waals surface area contributed by atoms with Crippen molar-refractivity contribution < 1.29 is 9.90 Å². The Hall–Kier alpha value is -1.33. The summed E-state index contributed by atoms with van der Waals surface area (Å²) in [6.45, 7) is 3.43. The molecule has 0 saturated carbocycles. The molecule has 1 heterocycles. The van der Waals surface area contributed by atoms with Crippen molar-refractivity contribution in [3.05, 3.63) is 34.4 Å². The van der Waals surface area contributed by atoms with Crippen molar-refractivity contribution in [2.75, 3.05) is 6.61 Å². The number of fused-ring (bicyclic) bond motifs is 1. The van der Waals surface area contributed by atoms with Gasteiger partial charge in [0, 0.05) is 15.4 Å². The highest BCUT2D eigenvalue weighted by atomic mass is 79.9. The van der Waals surface area contributed by atoms with Crippen molar-refractivity contribution in [1.82, 2.24) is 10.3 Å². The summed E-state index contributed by atoms with van der Waals surface area (Å²) in [5.41, 5.74) is 0.751. The third-order valence-electron chi connectivity index (χ3n) is 2.70. The molecule has 96 valence electrons. The van der Waals surface area contributed by atoms with Gasteiger partial charge >= 0.3 is 0 Å². The van der Waals surface area contributed by atoms with Crippen molar-refractivity contribution in [2.24, 2.45) is 0 Å². The van der Waals surface area contributed by atoms with E-state index < -0.39 is 5.54 Å². The Morgan fingerprint density at radius 1 is 1.50 bits per heavy atom. The number of carbonyl (C=O) groups is 1. The molecule has 4 nitrogen and oxygen atoms in total. The van der Waals surface area contributed by atoms with Crippen molar-refractivity contribution in [3.63, 3.8) is 0 Å². The number of benzene rings is 1. The fourth-order valence-electron chi connectivity index (χ4n) is 1.65. The molecule has 1 aromatic carbocycles. The van der Waals surface area contributed by atoms with Crippen LogP contribution in [0.3, 0.4) is 0 Å². The van der Waals surface area contributed by atoms with Crippen LogP contribution in [0.2, 0.25) is 0 Å². The van der Waals surface area contributed by atoms with Gasteiger partial charge in [0.15, 0.2) is 0 Å². The van der Waals surface area contributed by atoms with Gasteiger partial charge in [-0.15, -0.1) is 0 Å². The fraction of sp³-hybridized carbons (Fsp3) is 0.308. The van der Waals surface area contributed by atoms with Crippen LogP contribution in [0.15, 0.2) is 28.7 Å². The van der Waals surface area contributed by atoms with E-state index in [4.69, 9.17) is 5.11 Å². The zero-order valence-corrected chi connectivity index (χ0v) is 11.8. The number of aliphatic hydroxyl groups excluding tert-OH is 1. The molecule has 2 aromatic rings. The zero-order valence-electron chi connectivity index (χ0n) is 10.2. The number of aromatic nitrogens is 1. The van der Waals surface area contributed by atoms with E-state index in [1.807, 2.05) is 18.2 Å². The van der Waals surface area contributed by atoms with Crippen LogP contribution in [0, 0.1) is 0 Å². The molecule has 0 atom stereocenters. The lowest BCUT2D eigenvalue weighted by Crippen LogP contribution is -2.46. The summed E-state index contributed by atoms with van der Waals surface area (Å²) in [7, 11) is 0. The lowest BCUT2D eigenvalue weighted by Gasteiger charge is -2.22. The van der Waals surface area contributed by atoms with Crippen molar-refractivity contribution in [2.45, 2.75) is 19.4 Å². The number of H-pyrrole nitrogens is 1. The Bertz CT molecular complexity index is 590. The summed E-state index contributed by atoms with van der Waals surface area (Å²) in [4.78, 5) is 15.1. The van der Waals surface area contributed by atoms with Crippen molar-refractivity contribution in [1.29, 1.82) is 0 Å². The molecule has 0 bridgehead atoms. The molecule has 0 aliphatic carbocycles. The fourth-order valence-corrected chi connectivity index (χ4v) is 2.14. The molecule has 2 rings (SSSR count). The first-order chi connectivity index (χ1) is 8.43. The van der Waals surface area contributed by atoms with Crippen LogP contribution in [0.1, 0.15) is 24.3 Å². The highest BCUT2D eigenvalue weighted by molar-refractivity contribution is 9.10. The van der Waals surface area contributed by atoms with Crippen LogP contribution in [0.5, 0.6) is 0 Å². The minimum absolute atomic E-state index is 0.108. The smallest absolute Gasteiger partial charge is 0.268 e. The lowest BCUT2D eigenvalue weighted by molar-refractivity contribution is 0.0865. The maximum atomic E-state index is 12.0. The molecule has 0 fully saturated rings. The maximum Gasteiger partial charge on any atom is 0.268 e. The molecule has 5 heteroatoms. The molecule has 1 amide bonds. The van der Waals surface area contributed by atoms with E-state index >= 15 is 0 Å². The normalized spacial score (nSPS) is 11.8. The van der Waals surface area contributed by atoms with Crippen LogP contribution < -0.4 is 5.32 Å². The third-order valence-corrected chi connectivity index (χ3v) is 3.39. The van der Waals surface area contributed by atoms with Gasteiger partial charge in [0.2, 0.25) is 0 Å². The van der Waals surface area contributed by atoms with Gasteiger partial charge in [-0.25, -0.2) is 0 Å². The van der Waals surface area contributed by atoms with Gasteiger partial charge in [-0.05, 0) is 32.0 Å². The minimum Gasteiger partial charge on any atom is -0.394 e. The quantitative estimate of drug-likeness (QED) is 0.815. The number of carbonyl (C=O) groups excluding carboxylic acids is 1. The average Bonchev–Trinajstić information content (AvgIpc) is 2.74. The molecule has 0 spiro atoms. The van der Waals surface area contributed by atoms with Crippen LogP contribution in [-0.2, 0) is 0 Å². The van der Waals surface area contributed by atoms with Gasteiger partial charge in [0.1, 0.15) is 5.69 Å². The van der Waals surface area contributed by atoms with Gasteiger partial charge in [-0.1, -0.05) is 22.0 Å². The predicted octanol–water partition coefficient (Wildman–Crippen LogP) is 2.43. The van der Waals surface area contributed by atoms with E-state index in [-0.39, 0.29) is 12.5 Å². The van der Waals surface area contributed by atoms with E-state index in [1.54, 1.807) is 19.9 Å². The molecule has 0 saturated heterocycles. The Kier molecular flexibility index (Phi) is 3.45. The largest absolute Gasteiger partial charge is 0.394 e. The van der Waals surface area contributed by atoms with Crippen molar-refractivity contribution in [3.8, 4) is 0 Å². The summed E-state index contributed by atoms with van der Waals surface area (Å²) in [5, 5.41) is 12.9. The Labute approximate surface area is 114 Å². The molecule has 3 N–H and O–H groups in total. The first-order valence-corrected chi connectivity index (χ1v) is 6.43. The van der Waals surface area contributed by atoms with Gasteiger partial charge in [-0.2, -0.15) is 0 Å². The number of rotatable bonds is 3. The molecule has 0 radical (unpaired) electrons. The average molecular weight is 311 g/mol. The first kappa shape index (κ1) is 13.1. The topological polar surface area (TPSA) is 65.1 Å². The molecule has 18 heavy (non-hydrogen) atoms. The maximum absolute atomic E-state index is 12.0. The number of aliphatic hydroxyl groups is 1. The van der Waals surface area contributed by atoms with E-state index in [0.717, 1.165) is 15.4 Å². The highest BCUT2D eigenvalue weighted by Gasteiger charge is 2.21. The summed E-state index contributed by atoms with van der Waals surface area (Å²) in [6.07, 6.45) is 0.